The number of hydrogen-bond donors (Lipinski definition) is 1. The number of carbonyl (C=O) groups is 1. The van der Waals surface area contributed by atoms with Gasteiger partial charge in [0.05, 0.1) is 6.61 Å². The van der Waals surface area contributed by atoms with Crippen molar-refractivity contribution >= 4 is 5.91 Å². The highest BCUT2D eigenvalue weighted by atomic mass is 16.5. The third kappa shape index (κ3) is 5.33. The second kappa shape index (κ2) is 9.05. The number of amides is 1. The van der Waals surface area contributed by atoms with E-state index in [0.717, 1.165) is 25.3 Å². The van der Waals surface area contributed by atoms with Crippen LogP contribution in [0, 0.1) is 5.92 Å². The summed E-state index contributed by atoms with van der Waals surface area (Å²) in [5, 5.41) is 3.19. The fourth-order valence-electron chi connectivity index (χ4n) is 3.46. The van der Waals surface area contributed by atoms with Crippen LogP contribution in [0.15, 0.2) is 54.6 Å². The van der Waals surface area contributed by atoms with Crippen molar-refractivity contribution in [2.24, 2.45) is 5.92 Å². The van der Waals surface area contributed by atoms with Crippen molar-refractivity contribution in [3.8, 4) is 5.75 Å². The zero-order valence-corrected chi connectivity index (χ0v) is 16.5. The Balaban J connectivity index is 1.55. The highest BCUT2D eigenvalue weighted by Crippen LogP contribution is 2.24. The first kappa shape index (κ1) is 19.4. The summed E-state index contributed by atoms with van der Waals surface area (Å²) in [5.74, 6) is 1.19. The van der Waals surface area contributed by atoms with Crippen LogP contribution < -0.4 is 10.1 Å². The molecule has 1 heterocycles. The van der Waals surface area contributed by atoms with Gasteiger partial charge < -0.3 is 10.1 Å². The molecule has 0 spiro atoms. The van der Waals surface area contributed by atoms with Crippen LogP contribution in [0.2, 0.25) is 0 Å². The quantitative estimate of drug-likeness (QED) is 0.795. The molecule has 4 nitrogen and oxygen atoms in total. The number of nitrogens with one attached hydrogen (secondary N) is 1. The lowest BCUT2D eigenvalue weighted by atomic mass is 10.1. The second-order valence-electron chi connectivity index (χ2n) is 7.77. The average Bonchev–Trinajstić information content (AvgIpc) is 3.15. The minimum absolute atomic E-state index is 0.0239. The monoisotopic (exact) mass is 366 g/mol. The number of carbonyl (C=O) groups excluding carboxylic acids is 1. The molecule has 1 fully saturated rings. The van der Waals surface area contributed by atoms with Crippen LogP contribution in [0.4, 0.5) is 0 Å². The molecule has 1 saturated heterocycles. The Hall–Kier alpha value is -2.33. The topological polar surface area (TPSA) is 41.6 Å². The summed E-state index contributed by atoms with van der Waals surface area (Å²) in [6.45, 7) is 8.98. The first-order valence-corrected chi connectivity index (χ1v) is 9.85. The lowest BCUT2D eigenvalue weighted by molar-refractivity contribution is 0.0936. The summed E-state index contributed by atoms with van der Waals surface area (Å²) in [7, 11) is 0. The van der Waals surface area contributed by atoms with Gasteiger partial charge in [0.25, 0.3) is 5.91 Å². The number of benzene rings is 2. The molecule has 2 aromatic rings. The van der Waals surface area contributed by atoms with E-state index in [1.54, 1.807) is 0 Å². The Morgan fingerprint density at radius 3 is 2.67 bits per heavy atom. The minimum Gasteiger partial charge on any atom is -0.493 e. The highest BCUT2D eigenvalue weighted by molar-refractivity contribution is 5.94. The molecule has 0 aliphatic carbocycles. The zero-order chi connectivity index (χ0) is 19.2. The number of ether oxygens (including phenoxy) is 1. The van der Waals surface area contributed by atoms with Gasteiger partial charge in [0.2, 0.25) is 0 Å². The molecule has 0 radical (unpaired) electrons. The SMILES string of the molecule is CC(C)COc1cccc(C(=O)NC2CCN(C(C)c3ccccc3)C2)c1. The van der Waals surface area contributed by atoms with Crippen LogP contribution >= 0.6 is 0 Å². The van der Waals surface area contributed by atoms with E-state index in [2.05, 4.69) is 55.3 Å². The van der Waals surface area contributed by atoms with E-state index in [4.69, 9.17) is 4.74 Å². The molecular weight excluding hydrogens is 336 g/mol. The smallest absolute Gasteiger partial charge is 0.251 e. The van der Waals surface area contributed by atoms with Crippen LogP contribution in [0.5, 0.6) is 5.75 Å². The molecule has 2 atom stereocenters. The van der Waals surface area contributed by atoms with Gasteiger partial charge in [0.1, 0.15) is 5.75 Å². The Morgan fingerprint density at radius 1 is 1.15 bits per heavy atom. The highest BCUT2D eigenvalue weighted by Gasteiger charge is 2.28. The second-order valence-corrected chi connectivity index (χ2v) is 7.77. The van der Waals surface area contributed by atoms with E-state index in [1.165, 1.54) is 5.56 Å². The molecule has 0 aromatic heterocycles. The summed E-state index contributed by atoms with van der Waals surface area (Å²) in [4.78, 5) is 15.1. The third-order valence-corrected chi connectivity index (χ3v) is 5.06. The van der Waals surface area contributed by atoms with Gasteiger partial charge >= 0.3 is 0 Å². The van der Waals surface area contributed by atoms with Crippen molar-refractivity contribution in [1.82, 2.24) is 10.2 Å². The zero-order valence-electron chi connectivity index (χ0n) is 16.5. The van der Waals surface area contributed by atoms with Gasteiger partial charge in [-0.3, -0.25) is 9.69 Å². The fourth-order valence-corrected chi connectivity index (χ4v) is 3.46. The normalized spacial score (nSPS) is 18.4. The predicted molar refractivity (Wildman–Crippen MR) is 109 cm³/mol. The lowest BCUT2D eigenvalue weighted by Crippen LogP contribution is -2.37. The first-order valence-electron chi connectivity index (χ1n) is 9.85. The van der Waals surface area contributed by atoms with Crippen molar-refractivity contribution in [2.75, 3.05) is 19.7 Å². The molecule has 0 bridgehead atoms. The Labute approximate surface area is 162 Å². The average molecular weight is 367 g/mol. The molecular formula is C23H30N2O2. The number of hydrogen-bond acceptors (Lipinski definition) is 3. The van der Waals surface area contributed by atoms with Gasteiger partial charge in [-0.25, -0.2) is 0 Å². The van der Waals surface area contributed by atoms with Crippen LogP contribution in [0.25, 0.3) is 0 Å². The maximum Gasteiger partial charge on any atom is 0.251 e. The Bertz CT molecular complexity index is 745. The van der Waals surface area contributed by atoms with E-state index in [1.807, 2.05) is 30.3 Å². The van der Waals surface area contributed by atoms with E-state index in [0.29, 0.717) is 24.1 Å². The molecule has 1 aliphatic heterocycles. The standard InChI is InChI=1S/C23H30N2O2/c1-17(2)16-27-22-11-7-10-20(14-22)23(26)24-21-12-13-25(15-21)18(3)19-8-5-4-6-9-19/h4-11,14,17-18,21H,12-13,15-16H2,1-3H3,(H,24,26). The molecule has 27 heavy (non-hydrogen) atoms. The molecule has 1 amide bonds. The van der Waals surface area contributed by atoms with Crippen molar-refractivity contribution in [3.63, 3.8) is 0 Å². The number of rotatable bonds is 7. The summed E-state index contributed by atoms with van der Waals surface area (Å²) in [5.41, 5.74) is 1.98. The van der Waals surface area contributed by atoms with Crippen LogP contribution in [-0.4, -0.2) is 36.5 Å². The van der Waals surface area contributed by atoms with Gasteiger partial charge in [-0.05, 0) is 43.0 Å². The molecule has 4 heteroatoms. The maximum atomic E-state index is 12.7. The van der Waals surface area contributed by atoms with Gasteiger partial charge in [-0.1, -0.05) is 50.2 Å². The van der Waals surface area contributed by atoms with E-state index in [-0.39, 0.29) is 11.9 Å². The molecule has 1 N–H and O–H groups in total. The van der Waals surface area contributed by atoms with Crippen LogP contribution in [0.3, 0.4) is 0 Å². The Morgan fingerprint density at radius 2 is 1.93 bits per heavy atom. The molecule has 144 valence electrons. The number of likely N-dealkylation sites (tertiary alicyclic amines) is 1. The van der Waals surface area contributed by atoms with E-state index < -0.39 is 0 Å². The lowest BCUT2D eigenvalue weighted by Gasteiger charge is -2.24. The van der Waals surface area contributed by atoms with Gasteiger partial charge in [0.15, 0.2) is 0 Å². The largest absolute Gasteiger partial charge is 0.493 e. The molecule has 2 aromatic carbocycles. The van der Waals surface area contributed by atoms with Crippen molar-refractivity contribution in [2.45, 2.75) is 39.3 Å². The molecule has 2 unspecified atom stereocenters. The van der Waals surface area contributed by atoms with Gasteiger partial charge in [-0.15, -0.1) is 0 Å². The maximum absolute atomic E-state index is 12.7. The minimum atomic E-state index is -0.0239. The molecule has 0 saturated carbocycles. The van der Waals surface area contributed by atoms with E-state index >= 15 is 0 Å². The van der Waals surface area contributed by atoms with Crippen molar-refractivity contribution in [1.29, 1.82) is 0 Å². The van der Waals surface area contributed by atoms with E-state index in [9.17, 15) is 4.79 Å². The van der Waals surface area contributed by atoms with Crippen LogP contribution in [0.1, 0.15) is 49.2 Å². The Kier molecular flexibility index (Phi) is 6.51. The van der Waals surface area contributed by atoms with Crippen molar-refractivity contribution in [3.05, 3.63) is 65.7 Å². The number of nitrogens with zero attached hydrogens (tertiary/aromatic N) is 1. The molecule has 3 rings (SSSR count). The summed E-state index contributed by atoms with van der Waals surface area (Å²) < 4.78 is 5.74. The van der Waals surface area contributed by atoms with Crippen molar-refractivity contribution < 1.29 is 9.53 Å². The first-order chi connectivity index (χ1) is 13.0. The third-order valence-electron chi connectivity index (χ3n) is 5.06. The summed E-state index contributed by atoms with van der Waals surface area (Å²) >= 11 is 0. The fraction of sp³-hybridized carbons (Fsp3) is 0.435. The van der Waals surface area contributed by atoms with Crippen LogP contribution in [-0.2, 0) is 0 Å². The summed E-state index contributed by atoms with van der Waals surface area (Å²) in [6, 6.07) is 18.5. The molecule has 1 aliphatic rings. The van der Waals surface area contributed by atoms with Gasteiger partial charge in [0, 0.05) is 30.7 Å². The van der Waals surface area contributed by atoms with Gasteiger partial charge in [-0.2, -0.15) is 0 Å². The predicted octanol–water partition coefficient (Wildman–Crippen LogP) is 4.29. The summed E-state index contributed by atoms with van der Waals surface area (Å²) in [6.07, 6.45) is 0.979.